The lowest BCUT2D eigenvalue weighted by Gasteiger charge is -2.09. The molecule has 0 radical (unpaired) electrons. The van der Waals surface area contributed by atoms with Gasteiger partial charge in [-0.1, -0.05) is 19.8 Å². The molecule has 4 nitrogen and oxygen atoms in total. The Morgan fingerprint density at radius 1 is 1.43 bits per heavy atom. The molecule has 0 unspecified atom stereocenters. The molecular weight excluding hydrogens is 182 g/mol. The zero-order chi connectivity index (χ0) is 10.8. The molecule has 0 bridgehead atoms. The maximum atomic E-state index is 10.8. The first-order chi connectivity index (χ1) is 6.74. The number of rotatable bonds is 6. The van der Waals surface area contributed by atoms with Gasteiger partial charge in [0, 0.05) is 0 Å². The fraction of sp³-hybridized carbons (Fsp3) is 0.800. The third-order valence-corrected chi connectivity index (χ3v) is 1.71. The van der Waals surface area contributed by atoms with Crippen molar-refractivity contribution in [3.8, 4) is 6.07 Å². The molecule has 0 saturated carbocycles. The Balaban J connectivity index is 3.68. The first-order valence-electron chi connectivity index (χ1n) is 4.97. The Labute approximate surface area is 84.8 Å². The summed E-state index contributed by atoms with van der Waals surface area (Å²) in [4.78, 5) is 10.8. The highest BCUT2D eigenvalue weighted by molar-refractivity contribution is 5.60. The fourth-order valence-electron chi connectivity index (χ4n) is 0.998. The summed E-state index contributed by atoms with van der Waals surface area (Å²) >= 11 is 0. The van der Waals surface area contributed by atoms with Crippen molar-refractivity contribution in [2.45, 2.75) is 45.6 Å². The second kappa shape index (κ2) is 8.36. The Kier molecular flexibility index (Phi) is 7.62. The highest BCUT2D eigenvalue weighted by atomic mass is 16.7. The summed E-state index contributed by atoms with van der Waals surface area (Å²) in [7, 11) is 0. The van der Waals surface area contributed by atoms with Gasteiger partial charge in [0.1, 0.15) is 6.07 Å². The molecule has 0 aromatic rings. The quantitative estimate of drug-likeness (QED) is 0.487. The normalized spacial score (nSPS) is 11.5. The van der Waals surface area contributed by atoms with Gasteiger partial charge in [0.25, 0.3) is 0 Å². The van der Waals surface area contributed by atoms with Crippen LogP contribution in [-0.2, 0) is 9.47 Å². The Morgan fingerprint density at radius 3 is 2.64 bits per heavy atom. The molecule has 4 heteroatoms. The van der Waals surface area contributed by atoms with E-state index in [9.17, 15) is 4.79 Å². The minimum absolute atomic E-state index is 0.270. The number of hydrogen-bond acceptors (Lipinski definition) is 4. The summed E-state index contributed by atoms with van der Waals surface area (Å²) in [5.41, 5.74) is 0. The van der Waals surface area contributed by atoms with E-state index < -0.39 is 12.3 Å². The lowest BCUT2D eigenvalue weighted by Crippen LogP contribution is -2.17. The summed E-state index contributed by atoms with van der Waals surface area (Å²) in [5.74, 6) is 0. The average molecular weight is 199 g/mol. The van der Waals surface area contributed by atoms with Gasteiger partial charge in [-0.2, -0.15) is 5.26 Å². The molecule has 14 heavy (non-hydrogen) atoms. The molecule has 0 rings (SSSR count). The first kappa shape index (κ1) is 12.8. The SMILES string of the molecule is CCCCC[C@@H](C#N)OC(=O)OCC. The molecule has 0 spiro atoms. The van der Waals surface area contributed by atoms with Gasteiger partial charge in [0.15, 0.2) is 6.10 Å². The van der Waals surface area contributed by atoms with Gasteiger partial charge in [0.2, 0.25) is 0 Å². The van der Waals surface area contributed by atoms with Crippen LogP contribution in [0.25, 0.3) is 0 Å². The summed E-state index contributed by atoms with van der Waals surface area (Å²) in [6.07, 6.45) is 2.19. The standard InChI is InChI=1S/C10H17NO3/c1-3-5-6-7-9(8-11)14-10(12)13-4-2/h9H,3-7H2,1-2H3/t9-/m0/s1. The molecule has 0 saturated heterocycles. The van der Waals surface area contributed by atoms with E-state index in [4.69, 9.17) is 10.00 Å². The third-order valence-electron chi connectivity index (χ3n) is 1.71. The van der Waals surface area contributed by atoms with Crippen molar-refractivity contribution < 1.29 is 14.3 Å². The van der Waals surface area contributed by atoms with Crippen LogP contribution in [0.2, 0.25) is 0 Å². The molecule has 0 heterocycles. The van der Waals surface area contributed by atoms with Gasteiger partial charge in [-0.3, -0.25) is 0 Å². The fourth-order valence-corrected chi connectivity index (χ4v) is 0.998. The molecule has 80 valence electrons. The van der Waals surface area contributed by atoms with Gasteiger partial charge in [0.05, 0.1) is 6.61 Å². The summed E-state index contributed by atoms with van der Waals surface area (Å²) < 4.78 is 9.33. The highest BCUT2D eigenvalue weighted by Gasteiger charge is 2.13. The Bertz CT molecular complexity index is 198. The van der Waals surface area contributed by atoms with Crippen LogP contribution in [0.1, 0.15) is 39.5 Å². The van der Waals surface area contributed by atoms with Crippen molar-refractivity contribution in [2.24, 2.45) is 0 Å². The second-order valence-corrected chi connectivity index (χ2v) is 2.91. The van der Waals surface area contributed by atoms with E-state index in [1.54, 1.807) is 6.92 Å². The Hall–Kier alpha value is -1.24. The molecule has 0 aliphatic heterocycles. The molecule has 0 N–H and O–H groups in total. The molecule has 0 aromatic carbocycles. The van der Waals surface area contributed by atoms with E-state index >= 15 is 0 Å². The summed E-state index contributed by atoms with van der Waals surface area (Å²) in [6.45, 7) is 4.04. The minimum atomic E-state index is -0.754. The smallest absolute Gasteiger partial charge is 0.435 e. The van der Waals surface area contributed by atoms with E-state index in [1.165, 1.54) is 0 Å². The van der Waals surface area contributed by atoms with Crippen LogP contribution in [0.5, 0.6) is 0 Å². The molecule has 1 atom stereocenters. The predicted octanol–water partition coefficient (Wildman–Crippen LogP) is 2.63. The third kappa shape index (κ3) is 6.30. The lowest BCUT2D eigenvalue weighted by atomic mass is 10.1. The molecule has 0 amide bonds. The topological polar surface area (TPSA) is 59.3 Å². The van der Waals surface area contributed by atoms with Gasteiger partial charge in [-0.25, -0.2) is 4.79 Å². The number of unbranched alkanes of at least 4 members (excludes halogenated alkanes) is 2. The zero-order valence-electron chi connectivity index (χ0n) is 8.78. The number of nitriles is 1. The molecular formula is C10H17NO3. The number of nitrogens with zero attached hydrogens (tertiary/aromatic N) is 1. The van der Waals surface area contributed by atoms with Crippen molar-refractivity contribution in [3.05, 3.63) is 0 Å². The van der Waals surface area contributed by atoms with Crippen molar-refractivity contribution in [1.29, 1.82) is 5.26 Å². The largest absolute Gasteiger partial charge is 0.509 e. The number of ether oxygens (including phenoxy) is 2. The number of hydrogen-bond donors (Lipinski definition) is 0. The number of carbonyl (C=O) groups excluding carboxylic acids is 1. The van der Waals surface area contributed by atoms with E-state index in [0.717, 1.165) is 19.3 Å². The van der Waals surface area contributed by atoms with Gasteiger partial charge in [-0.15, -0.1) is 0 Å². The van der Waals surface area contributed by atoms with E-state index in [1.807, 2.05) is 6.07 Å². The van der Waals surface area contributed by atoms with Gasteiger partial charge >= 0.3 is 6.16 Å². The van der Waals surface area contributed by atoms with E-state index in [0.29, 0.717) is 6.42 Å². The van der Waals surface area contributed by atoms with Crippen molar-refractivity contribution >= 4 is 6.16 Å². The van der Waals surface area contributed by atoms with Crippen molar-refractivity contribution in [2.75, 3.05) is 6.61 Å². The molecule has 0 aromatic heterocycles. The Morgan fingerprint density at radius 2 is 2.14 bits per heavy atom. The number of carbonyl (C=O) groups is 1. The highest BCUT2D eigenvalue weighted by Crippen LogP contribution is 2.06. The van der Waals surface area contributed by atoms with Gasteiger partial charge in [-0.05, 0) is 19.8 Å². The van der Waals surface area contributed by atoms with E-state index in [-0.39, 0.29) is 6.61 Å². The van der Waals surface area contributed by atoms with Crippen molar-refractivity contribution in [3.63, 3.8) is 0 Å². The average Bonchev–Trinajstić information content (AvgIpc) is 2.17. The minimum Gasteiger partial charge on any atom is -0.435 e. The predicted molar refractivity (Wildman–Crippen MR) is 51.7 cm³/mol. The molecule has 0 fully saturated rings. The molecule has 0 aliphatic rings. The van der Waals surface area contributed by atoms with Gasteiger partial charge < -0.3 is 9.47 Å². The summed E-state index contributed by atoms with van der Waals surface area (Å²) in [5, 5.41) is 8.66. The van der Waals surface area contributed by atoms with Crippen LogP contribution in [0.4, 0.5) is 4.79 Å². The van der Waals surface area contributed by atoms with Crippen LogP contribution < -0.4 is 0 Å². The zero-order valence-corrected chi connectivity index (χ0v) is 8.78. The van der Waals surface area contributed by atoms with E-state index in [2.05, 4.69) is 11.7 Å². The van der Waals surface area contributed by atoms with Crippen LogP contribution in [0.3, 0.4) is 0 Å². The second-order valence-electron chi connectivity index (χ2n) is 2.91. The maximum absolute atomic E-state index is 10.8. The summed E-state index contributed by atoms with van der Waals surface area (Å²) in [6, 6.07) is 1.93. The first-order valence-corrected chi connectivity index (χ1v) is 4.97. The van der Waals surface area contributed by atoms with Crippen LogP contribution in [-0.4, -0.2) is 18.9 Å². The van der Waals surface area contributed by atoms with Crippen LogP contribution in [0, 0.1) is 11.3 Å². The lowest BCUT2D eigenvalue weighted by molar-refractivity contribution is 0.0397. The van der Waals surface area contributed by atoms with Crippen LogP contribution >= 0.6 is 0 Å². The maximum Gasteiger partial charge on any atom is 0.509 e. The van der Waals surface area contributed by atoms with Crippen molar-refractivity contribution in [1.82, 2.24) is 0 Å². The van der Waals surface area contributed by atoms with Crippen LogP contribution in [0.15, 0.2) is 0 Å². The monoisotopic (exact) mass is 199 g/mol. The molecule has 0 aliphatic carbocycles.